The average molecular weight is 332 g/mol. The zero-order valence-corrected chi connectivity index (χ0v) is 13.7. The minimum Gasteiger partial charge on any atom is -0.389 e. The zero-order valence-electron chi connectivity index (χ0n) is 12.1. The Morgan fingerprint density at radius 3 is 2.48 bits per heavy atom. The second kappa shape index (κ2) is 6.48. The van der Waals surface area contributed by atoms with Gasteiger partial charge in [0.15, 0.2) is 0 Å². The number of pyridine rings is 1. The summed E-state index contributed by atoms with van der Waals surface area (Å²) in [5, 5.41) is 10.3. The van der Waals surface area contributed by atoms with E-state index in [0.717, 1.165) is 13.1 Å². The van der Waals surface area contributed by atoms with Crippen molar-refractivity contribution < 1.29 is 9.90 Å². The Labute approximate surface area is 134 Å². The van der Waals surface area contributed by atoms with Crippen molar-refractivity contribution in [1.29, 1.82) is 0 Å². The van der Waals surface area contributed by atoms with Crippen LogP contribution in [0.4, 0.5) is 0 Å². The Morgan fingerprint density at radius 2 is 1.95 bits per heavy atom. The molecule has 0 aromatic carbocycles. The lowest BCUT2D eigenvalue weighted by molar-refractivity contribution is 0.0178. The number of β-amino-alcohol motifs (C(OH)–C–C–N with tert-alkyl or cyclic N) is 1. The molecule has 0 unspecified atom stereocenters. The highest BCUT2D eigenvalue weighted by atomic mass is 35.5. The number of carbonyl (C=O) groups is 1. The van der Waals surface area contributed by atoms with Gasteiger partial charge in [0.1, 0.15) is 5.15 Å². The molecule has 0 aliphatic carbocycles. The number of hydrogen-bond donors (Lipinski definition) is 1. The molecule has 0 spiro atoms. The molecule has 7 heteroatoms. The van der Waals surface area contributed by atoms with E-state index in [-0.39, 0.29) is 16.1 Å². The van der Waals surface area contributed by atoms with Crippen molar-refractivity contribution in [3.8, 4) is 0 Å². The van der Waals surface area contributed by atoms with Gasteiger partial charge in [-0.2, -0.15) is 0 Å². The second-order valence-electron chi connectivity index (χ2n) is 5.88. The van der Waals surface area contributed by atoms with Crippen LogP contribution in [-0.2, 0) is 0 Å². The zero-order chi connectivity index (χ0) is 15.6. The van der Waals surface area contributed by atoms with E-state index in [4.69, 9.17) is 23.2 Å². The number of halogens is 2. The first-order valence-corrected chi connectivity index (χ1v) is 7.57. The Bertz CT molecular complexity index is 523. The Hall–Kier alpha value is -0.880. The van der Waals surface area contributed by atoms with Crippen LogP contribution in [0.25, 0.3) is 0 Å². The van der Waals surface area contributed by atoms with Crippen LogP contribution in [0.2, 0.25) is 10.2 Å². The van der Waals surface area contributed by atoms with Gasteiger partial charge in [-0.1, -0.05) is 23.2 Å². The molecule has 1 fully saturated rings. The van der Waals surface area contributed by atoms with Gasteiger partial charge in [-0.15, -0.1) is 0 Å². The van der Waals surface area contributed by atoms with E-state index < -0.39 is 5.60 Å². The van der Waals surface area contributed by atoms with Crippen molar-refractivity contribution in [2.45, 2.75) is 19.4 Å². The van der Waals surface area contributed by atoms with Crippen LogP contribution in [0, 0.1) is 0 Å². The molecule has 0 bridgehead atoms. The molecule has 0 radical (unpaired) electrons. The summed E-state index contributed by atoms with van der Waals surface area (Å²) < 4.78 is 0. The molecule has 1 aromatic rings. The molecule has 0 atom stereocenters. The number of nitrogens with zero attached hydrogens (tertiary/aromatic N) is 3. The Morgan fingerprint density at radius 1 is 1.33 bits per heavy atom. The molecule has 1 aromatic heterocycles. The normalized spacial score (nSPS) is 17.1. The van der Waals surface area contributed by atoms with Crippen LogP contribution in [-0.4, -0.2) is 64.1 Å². The summed E-state index contributed by atoms with van der Waals surface area (Å²) in [4.78, 5) is 20.2. The van der Waals surface area contributed by atoms with E-state index >= 15 is 0 Å². The molecule has 116 valence electrons. The molecule has 1 N–H and O–H groups in total. The number of aliphatic hydroxyl groups is 1. The third-order valence-electron chi connectivity index (χ3n) is 3.31. The molecule has 1 aliphatic heterocycles. The predicted molar refractivity (Wildman–Crippen MR) is 82.9 cm³/mol. The summed E-state index contributed by atoms with van der Waals surface area (Å²) in [5.41, 5.74) is -0.278. The number of carbonyl (C=O) groups excluding carboxylic acids is 1. The highest BCUT2D eigenvalue weighted by Crippen LogP contribution is 2.21. The molecule has 5 nitrogen and oxygen atoms in total. The van der Waals surface area contributed by atoms with Gasteiger partial charge < -0.3 is 10.0 Å². The largest absolute Gasteiger partial charge is 0.389 e. The van der Waals surface area contributed by atoms with E-state index in [2.05, 4.69) is 9.88 Å². The van der Waals surface area contributed by atoms with E-state index in [0.29, 0.717) is 25.2 Å². The summed E-state index contributed by atoms with van der Waals surface area (Å²) in [5.74, 6) is -0.0935. The maximum atomic E-state index is 12.4. The summed E-state index contributed by atoms with van der Waals surface area (Å²) in [6.45, 7) is 6.89. The molecule has 1 saturated heterocycles. The second-order valence-corrected chi connectivity index (χ2v) is 6.64. The van der Waals surface area contributed by atoms with Crippen LogP contribution in [0.5, 0.6) is 0 Å². The van der Waals surface area contributed by atoms with E-state index in [1.807, 2.05) is 0 Å². The average Bonchev–Trinajstić information content (AvgIpc) is 2.40. The highest BCUT2D eigenvalue weighted by molar-refractivity contribution is 6.41. The van der Waals surface area contributed by atoms with Crippen LogP contribution in [0.15, 0.2) is 12.3 Å². The van der Waals surface area contributed by atoms with Gasteiger partial charge >= 0.3 is 0 Å². The first-order valence-electron chi connectivity index (χ1n) is 6.81. The number of piperazine rings is 1. The summed E-state index contributed by atoms with van der Waals surface area (Å²) >= 11 is 11.6. The summed E-state index contributed by atoms with van der Waals surface area (Å²) in [6, 6.07) is 1.54. The number of rotatable bonds is 3. The van der Waals surface area contributed by atoms with Crippen LogP contribution < -0.4 is 0 Å². The predicted octanol–water partition coefficient (Wildman–Crippen LogP) is 1.92. The van der Waals surface area contributed by atoms with Crippen molar-refractivity contribution in [2.24, 2.45) is 0 Å². The SMILES string of the molecule is CC(C)(O)CN1CCN(C(=O)c2cnc(Cl)c(Cl)c2)CC1. The quantitative estimate of drug-likeness (QED) is 0.860. The van der Waals surface area contributed by atoms with Crippen molar-refractivity contribution in [2.75, 3.05) is 32.7 Å². The van der Waals surface area contributed by atoms with E-state index in [1.54, 1.807) is 24.8 Å². The van der Waals surface area contributed by atoms with Crippen molar-refractivity contribution in [3.05, 3.63) is 28.0 Å². The monoisotopic (exact) mass is 331 g/mol. The molecular formula is C14H19Cl2N3O2. The topological polar surface area (TPSA) is 56.7 Å². The maximum Gasteiger partial charge on any atom is 0.255 e. The molecule has 21 heavy (non-hydrogen) atoms. The smallest absolute Gasteiger partial charge is 0.255 e. The van der Waals surface area contributed by atoms with Crippen molar-refractivity contribution in [3.63, 3.8) is 0 Å². The number of aromatic nitrogens is 1. The van der Waals surface area contributed by atoms with Gasteiger partial charge in [-0.3, -0.25) is 9.69 Å². The van der Waals surface area contributed by atoms with Crippen molar-refractivity contribution >= 4 is 29.1 Å². The lowest BCUT2D eigenvalue weighted by Gasteiger charge is -2.37. The molecule has 1 aliphatic rings. The first-order chi connectivity index (χ1) is 9.76. The van der Waals surface area contributed by atoms with E-state index in [9.17, 15) is 9.90 Å². The van der Waals surface area contributed by atoms with Crippen LogP contribution in [0.3, 0.4) is 0 Å². The maximum absolute atomic E-state index is 12.4. The van der Waals surface area contributed by atoms with Crippen molar-refractivity contribution in [1.82, 2.24) is 14.8 Å². The summed E-state index contributed by atoms with van der Waals surface area (Å²) in [7, 11) is 0. The van der Waals surface area contributed by atoms with Gasteiger partial charge in [-0.05, 0) is 19.9 Å². The van der Waals surface area contributed by atoms with Gasteiger partial charge in [0.25, 0.3) is 5.91 Å². The molecular weight excluding hydrogens is 313 g/mol. The van der Waals surface area contributed by atoms with Gasteiger partial charge in [0.2, 0.25) is 0 Å². The van der Waals surface area contributed by atoms with Gasteiger partial charge in [-0.25, -0.2) is 4.98 Å². The Kier molecular flexibility index (Phi) is 5.09. The number of hydrogen-bond acceptors (Lipinski definition) is 4. The minimum absolute atomic E-state index is 0.0935. The molecule has 2 rings (SSSR count). The molecule has 1 amide bonds. The van der Waals surface area contributed by atoms with Crippen LogP contribution >= 0.6 is 23.2 Å². The Balaban J connectivity index is 1.95. The number of amides is 1. The minimum atomic E-state index is -0.722. The molecule has 2 heterocycles. The third kappa shape index (κ3) is 4.54. The van der Waals surface area contributed by atoms with Gasteiger partial charge in [0, 0.05) is 38.9 Å². The fourth-order valence-electron chi connectivity index (χ4n) is 2.38. The highest BCUT2D eigenvalue weighted by Gasteiger charge is 2.25. The van der Waals surface area contributed by atoms with Gasteiger partial charge in [0.05, 0.1) is 16.2 Å². The van der Waals surface area contributed by atoms with E-state index in [1.165, 1.54) is 6.20 Å². The molecule has 0 saturated carbocycles. The van der Waals surface area contributed by atoms with Crippen LogP contribution in [0.1, 0.15) is 24.2 Å². The summed E-state index contributed by atoms with van der Waals surface area (Å²) in [6.07, 6.45) is 1.44. The standard InChI is InChI=1S/C14H19Cl2N3O2/c1-14(2,21)9-18-3-5-19(6-4-18)13(20)10-7-11(15)12(16)17-8-10/h7-8,21H,3-6,9H2,1-2H3. The third-order valence-corrected chi connectivity index (χ3v) is 4.00. The lowest BCUT2D eigenvalue weighted by Crippen LogP contribution is -2.52. The fourth-order valence-corrected chi connectivity index (χ4v) is 2.65. The fraction of sp³-hybridized carbons (Fsp3) is 0.571. The first kappa shape index (κ1) is 16.5. The lowest BCUT2D eigenvalue weighted by atomic mass is 10.1.